The lowest BCUT2D eigenvalue weighted by Crippen LogP contribution is -2.51. The third kappa shape index (κ3) is 5.53. The summed E-state index contributed by atoms with van der Waals surface area (Å²) in [4.78, 5) is 14.4. The number of nitrogens with zero attached hydrogens (tertiary/aromatic N) is 2. The van der Waals surface area contributed by atoms with E-state index < -0.39 is 10.0 Å². The van der Waals surface area contributed by atoms with Gasteiger partial charge in [0.05, 0.1) is 11.4 Å². The zero-order valence-electron chi connectivity index (χ0n) is 16.1. The number of hydrogen-bond donors (Lipinski definition) is 1. The highest BCUT2D eigenvalue weighted by Gasteiger charge is 2.30. The SMILES string of the molecule is CCCCCNC(=O)CN1CCN(S(=O)(=O)c2cc(C)ccc2C)CC1. The summed E-state index contributed by atoms with van der Waals surface area (Å²) in [7, 11) is -3.48. The second kappa shape index (κ2) is 9.48. The zero-order chi connectivity index (χ0) is 19.2. The summed E-state index contributed by atoms with van der Waals surface area (Å²) in [6.45, 7) is 8.89. The number of benzene rings is 1. The average Bonchev–Trinajstić information content (AvgIpc) is 2.61. The molecule has 2 rings (SSSR count). The van der Waals surface area contributed by atoms with Crippen molar-refractivity contribution in [2.75, 3.05) is 39.3 Å². The molecular formula is C19H31N3O3S. The molecule has 0 atom stereocenters. The lowest BCUT2D eigenvalue weighted by atomic mass is 10.2. The molecule has 1 aliphatic heterocycles. The number of hydrogen-bond acceptors (Lipinski definition) is 4. The van der Waals surface area contributed by atoms with Crippen molar-refractivity contribution in [2.45, 2.75) is 44.9 Å². The molecule has 0 aliphatic carbocycles. The van der Waals surface area contributed by atoms with Crippen molar-refractivity contribution in [1.82, 2.24) is 14.5 Å². The van der Waals surface area contributed by atoms with E-state index in [0.717, 1.165) is 30.4 Å². The number of amides is 1. The summed E-state index contributed by atoms with van der Waals surface area (Å²) in [5.41, 5.74) is 1.71. The van der Waals surface area contributed by atoms with E-state index in [-0.39, 0.29) is 5.91 Å². The molecule has 0 bridgehead atoms. The summed E-state index contributed by atoms with van der Waals surface area (Å²) < 4.78 is 27.4. The van der Waals surface area contributed by atoms with E-state index in [1.165, 1.54) is 4.31 Å². The molecule has 1 aromatic carbocycles. The number of nitrogens with one attached hydrogen (secondary N) is 1. The van der Waals surface area contributed by atoms with E-state index in [1.807, 2.05) is 30.9 Å². The van der Waals surface area contributed by atoms with Gasteiger partial charge in [0.1, 0.15) is 0 Å². The van der Waals surface area contributed by atoms with E-state index in [0.29, 0.717) is 44.2 Å². The molecule has 1 aromatic rings. The van der Waals surface area contributed by atoms with Crippen LogP contribution in [0.4, 0.5) is 0 Å². The van der Waals surface area contributed by atoms with Crippen LogP contribution in [0.3, 0.4) is 0 Å². The first-order valence-corrected chi connectivity index (χ1v) is 10.8. The fraction of sp³-hybridized carbons (Fsp3) is 0.632. The fourth-order valence-corrected chi connectivity index (χ4v) is 4.85. The highest BCUT2D eigenvalue weighted by atomic mass is 32.2. The van der Waals surface area contributed by atoms with Crippen molar-refractivity contribution in [2.24, 2.45) is 0 Å². The van der Waals surface area contributed by atoms with E-state index in [2.05, 4.69) is 12.2 Å². The van der Waals surface area contributed by atoms with Gasteiger partial charge in [-0.3, -0.25) is 9.69 Å². The molecular weight excluding hydrogens is 350 g/mol. The van der Waals surface area contributed by atoms with Crippen LogP contribution in [0.25, 0.3) is 0 Å². The van der Waals surface area contributed by atoms with Crippen molar-refractivity contribution in [3.63, 3.8) is 0 Å². The molecule has 7 heteroatoms. The Balaban J connectivity index is 1.87. The van der Waals surface area contributed by atoms with Gasteiger partial charge in [-0.2, -0.15) is 4.31 Å². The quantitative estimate of drug-likeness (QED) is 0.699. The fourth-order valence-electron chi connectivity index (χ4n) is 3.11. The number of carbonyl (C=O) groups is 1. The Hall–Kier alpha value is -1.44. The molecule has 6 nitrogen and oxygen atoms in total. The molecule has 1 saturated heterocycles. The molecule has 1 fully saturated rings. The Kier molecular flexibility index (Phi) is 7.61. The third-order valence-electron chi connectivity index (χ3n) is 4.76. The standard InChI is InChI=1S/C19H31N3O3S/c1-4-5-6-9-20-19(23)15-21-10-12-22(13-11-21)26(24,25)18-14-16(2)7-8-17(18)3/h7-8,14H,4-6,9-13,15H2,1-3H3,(H,20,23). The largest absolute Gasteiger partial charge is 0.355 e. The number of rotatable bonds is 8. The summed E-state index contributed by atoms with van der Waals surface area (Å²) in [5.74, 6) is 0.0203. The highest BCUT2D eigenvalue weighted by Crippen LogP contribution is 2.22. The van der Waals surface area contributed by atoms with Crippen molar-refractivity contribution in [3.05, 3.63) is 29.3 Å². The van der Waals surface area contributed by atoms with Crippen LogP contribution >= 0.6 is 0 Å². The molecule has 26 heavy (non-hydrogen) atoms. The van der Waals surface area contributed by atoms with Crippen molar-refractivity contribution >= 4 is 15.9 Å². The van der Waals surface area contributed by atoms with Gasteiger partial charge in [0.15, 0.2) is 0 Å². The molecule has 1 heterocycles. The molecule has 1 amide bonds. The molecule has 1 N–H and O–H groups in total. The Morgan fingerprint density at radius 1 is 1.12 bits per heavy atom. The van der Waals surface area contributed by atoms with Gasteiger partial charge in [-0.1, -0.05) is 31.9 Å². The summed E-state index contributed by atoms with van der Waals surface area (Å²) in [6.07, 6.45) is 3.26. The lowest BCUT2D eigenvalue weighted by molar-refractivity contribution is -0.122. The predicted molar refractivity (Wildman–Crippen MR) is 104 cm³/mol. The average molecular weight is 382 g/mol. The minimum Gasteiger partial charge on any atom is -0.355 e. The first-order valence-electron chi connectivity index (χ1n) is 9.41. The first kappa shape index (κ1) is 20.9. The van der Waals surface area contributed by atoms with E-state index >= 15 is 0 Å². The van der Waals surface area contributed by atoms with Crippen LogP contribution in [0.1, 0.15) is 37.3 Å². The molecule has 0 unspecified atom stereocenters. The Labute approximate surface area is 157 Å². The molecule has 146 valence electrons. The summed E-state index contributed by atoms with van der Waals surface area (Å²) >= 11 is 0. The molecule has 1 aliphatic rings. The minimum atomic E-state index is -3.48. The van der Waals surface area contributed by atoms with E-state index in [1.54, 1.807) is 6.07 Å². The monoisotopic (exact) mass is 381 g/mol. The van der Waals surface area contributed by atoms with Gasteiger partial charge in [0, 0.05) is 32.7 Å². The van der Waals surface area contributed by atoms with Crippen LogP contribution in [-0.2, 0) is 14.8 Å². The number of piperazine rings is 1. The van der Waals surface area contributed by atoms with Crippen molar-refractivity contribution < 1.29 is 13.2 Å². The third-order valence-corrected chi connectivity index (χ3v) is 6.80. The maximum absolute atomic E-state index is 12.9. The van der Waals surface area contributed by atoms with Gasteiger partial charge in [0.2, 0.25) is 15.9 Å². The normalized spacial score (nSPS) is 16.6. The topological polar surface area (TPSA) is 69.7 Å². The molecule has 0 spiro atoms. The maximum Gasteiger partial charge on any atom is 0.243 e. The summed E-state index contributed by atoms with van der Waals surface area (Å²) in [5, 5.41) is 2.93. The number of aryl methyl sites for hydroxylation is 2. The Morgan fingerprint density at radius 2 is 1.81 bits per heavy atom. The molecule has 0 saturated carbocycles. The van der Waals surface area contributed by atoms with Gasteiger partial charge >= 0.3 is 0 Å². The minimum absolute atomic E-state index is 0.0203. The number of unbranched alkanes of at least 4 members (excludes halogenated alkanes) is 2. The van der Waals surface area contributed by atoms with Gasteiger partial charge < -0.3 is 5.32 Å². The maximum atomic E-state index is 12.9. The van der Waals surface area contributed by atoms with E-state index in [9.17, 15) is 13.2 Å². The Morgan fingerprint density at radius 3 is 2.46 bits per heavy atom. The molecule has 0 aromatic heterocycles. The Bertz CT molecular complexity index is 711. The lowest BCUT2D eigenvalue weighted by Gasteiger charge is -2.33. The second-order valence-corrected chi connectivity index (χ2v) is 8.91. The zero-order valence-corrected chi connectivity index (χ0v) is 16.9. The predicted octanol–water partition coefficient (Wildman–Crippen LogP) is 1.92. The van der Waals surface area contributed by atoms with Gasteiger partial charge in [-0.15, -0.1) is 0 Å². The van der Waals surface area contributed by atoms with Crippen molar-refractivity contribution in [3.8, 4) is 0 Å². The van der Waals surface area contributed by atoms with Crippen LogP contribution < -0.4 is 5.32 Å². The first-order chi connectivity index (χ1) is 12.3. The summed E-state index contributed by atoms with van der Waals surface area (Å²) in [6, 6.07) is 5.51. The van der Waals surface area contributed by atoms with Crippen LogP contribution in [0, 0.1) is 13.8 Å². The second-order valence-electron chi connectivity index (χ2n) is 7.01. The van der Waals surface area contributed by atoms with Crippen LogP contribution in [0.15, 0.2) is 23.1 Å². The van der Waals surface area contributed by atoms with Gasteiger partial charge in [-0.25, -0.2) is 8.42 Å². The number of sulfonamides is 1. The van der Waals surface area contributed by atoms with Crippen LogP contribution in [-0.4, -0.2) is 62.8 Å². The molecule has 0 radical (unpaired) electrons. The van der Waals surface area contributed by atoms with Gasteiger partial charge in [-0.05, 0) is 37.5 Å². The van der Waals surface area contributed by atoms with Crippen LogP contribution in [0.5, 0.6) is 0 Å². The van der Waals surface area contributed by atoms with Crippen molar-refractivity contribution in [1.29, 1.82) is 0 Å². The highest BCUT2D eigenvalue weighted by molar-refractivity contribution is 7.89. The number of carbonyl (C=O) groups excluding carboxylic acids is 1. The smallest absolute Gasteiger partial charge is 0.243 e. The van der Waals surface area contributed by atoms with Crippen LogP contribution in [0.2, 0.25) is 0 Å². The van der Waals surface area contributed by atoms with E-state index in [4.69, 9.17) is 0 Å². The van der Waals surface area contributed by atoms with Gasteiger partial charge in [0.25, 0.3) is 0 Å².